The van der Waals surface area contributed by atoms with Gasteiger partial charge in [-0.15, -0.1) is 0 Å². The van der Waals surface area contributed by atoms with Crippen LogP contribution in [-0.2, 0) is 4.79 Å². The van der Waals surface area contributed by atoms with Gasteiger partial charge in [0.2, 0.25) is 0 Å². The molecular formula is C29H49NO. The molecule has 1 aliphatic carbocycles. The van der Waals surface area contributed by atoms with E-state index in [0.29, 0.717) is 5.57 Å². The molecule has 0 saturated heterocycles. The van der Waals surface area contributed by atoms with Crippen LogP contribution in [0.25, 0.3) is 0 Å². The molecule has 2 heteroatoms. The van der Waals surface area contributed by atoms with Crippen molar-refractivity contribution in [2.24, 2.45) is 28.6 Å². The molecule has 2 nitrogen and oxygen atoms in total. The zero-order chi connectivity index (χ0) is 24.2. The minimum Gasteiger partial charge on any atom is -0.303 e. The fourth-order valence-electron chi connectivity index (χ4n) is 4.99. The van der Waals surface area contributed by atoms with Gasteiger partial charge in [0, 0.05) is 16.9 Å². The number of hydrogen-bond donors (Lipinski definition) is 0. The Balaban J connectivity index is 0.000000842. The topological polar surface area (TPSA) is 40.9 Å². The monoisotopic (exact) mass is 427 g/mol. The molecule has 0 aliphatic heterocycles. The highest BCUT2D eigenvalue weighted by molar-refractivity contribution is 5.55. The maximum absolute atomic E-state index is 11.4. The van der Waals surface area contributed by atoms with Crippen LogP contribution in [0.5, 0.6) is 0 Å². The molecule has 0 amide bonds. The summed E-state index contributed by atoms with van der Waals surface area (Å²) in [6.07, 6.45) is 14.3. The van der Waals surface area contributed by atoms with E-state index in [-0.39, 0.29) is 22.7 Å². The lowest BCUT2D eigenvalue weighted by Gasteiger charge is -2.51. The number of nitrogens with zero attached hydrogens (tertiary/aromatic N) is 1. The Morgan fingerprint density at radius 1 is 1.23 bits per heavy atom. The number of rotatable bonds is 9. The van der Waals surface area contributed by atoms with Crippen molar-refractivity contribution in [3.63, 3.8) is 0 Å². The van der Waals surface area contributed by atoms with E-state index in [0.717, 1.165) is 30.6 Å². The summed E-state index contributed by atoms with van der Waals surface area (Å²) in [5, 5.41) is 9.24. The molecule has 4 atom stereocenters. The quantitative estimate of drug-likeness (QED) is 0.209. The zero-order valence-electron chi connectivity index (χ0n) is 22.0. The molecule has 0 heterocycles. The molecule has 1 aliphatic rings. The zero-order valence-corrected chi connectivity index (χ0v) is 22.0. The molecule has 0 N–H and O–H groups in total. The minimum absolute atomic E-state index is 0.0302. The molecule has 0 aromatic carbocycles. The Kier molecular flexibility index (Phi) is 13.0. The maximum atomic E-state index is 11.4. The van der Waals surface area contributed by atoms with E-state index in [1.165, 1.54) is 37.7 Å². The van der Waals surface area contributed by atoms with Crippen LogP contribution >= 0.6 is 0 Å². The maximum Gasteiger partial charge on any atom is 0.123 e. The molecule has 0 bridgehead atoms. The first-order valence-corrected chi connectivity index (χ1v) is 12.3. The molecule has 31 heavy (non-hydrogen) atoms. The predicted octanol–water partition coefficient (Wildman–Crippen LogP) is 8.85. The molecule has 0 aromatic rings. The summed E-state index contributed by atoms with van der Waals surface area (Å²) >= 11 is 0. The van der Waals surface area contributed by atoms with Crippen LogP contribution in [0.15, 0.2) is 35.5 Å². The van der Waals surface area contributed by atoms with E-state index >= 15 is 0 Å². The highest BCUT2D eigenvalue weighted by Crippen LogP contribution is 2.56. The second-order valence-corrected chi connectivity index (χ2v) is 10.7. The summed E-state index contributed by atoms with van der Waals surface area (Å²) < 4.78 is 0. The van der Waals surface area contributed by atoms with Crippen molar-refractivity contribution in [3.05, 3.63) is 35.5 Å². The normalized spacial score (nSPS) is 26.3. The number of nitriles is 1. The standard InChI is InChI=1S/C20H29NO.C9H20/c1-14(2)10-18-19(5,6)9-8-17(16(4)13-22)20(18,7)11-15(3)12-21;1-4-6-7-8-9(3)5-2/h10-11,13,16-17H,1,8-9H2,2-7H3;9H,4-8H2,1-3H3/b15-11+,18-10+;. The molecule has 1 rings (SSSR count). The lowest BCUT2D eigenvalue weighted by Crippen LogP contribution is -2.43. The van der Waals surface area contributed by atoms with Gasteiger partial charge in [0.25, 0.3) is 0 Å². The van der Waals surface area contributed by atoms with E-state index in [9.17, 15) is 10.1 Å². The van der Waals surface area contributed by atoms with Crippen molar-refractivity contribution in [2.45, 2.75) is 107 Å². The number of allylic oxidation sites excluding steroid dienone is 5. The summed E-state index contributed by atoms with van der Waals surface area (Å²) in [6.45, 7) is 23.4. The molecule has 176 valence electrons. The van der Waals surface area contributed by atoms with Gasteiger partial charge in [-0.1, -0.05) is 110 Å². The van der Waals surface area contributed by atoms with Crippen LogP contribution in [0.4, 0.5) is 0 Å². The van der Waals surface area contributed by atoms with Crippen LogP contribution in [0.1, 0.15) is 107 Å². The molecule has 4 unspecified atom stereocenters. The van der Waals surface area contributed by atoms with E-state index in [1.807, 2.05) is 20.8 Å². The third kappa shape index (κ3) is 9.18. The molecule has 0 radical (unpaired) electrons. The molecule has 0 spiro atoms. The molecule has 0 aromatic heterocycles. The van der Waals surface area contributed by atoms with Gasteiger partial charge in [0.1, 0.15) is 6.29 Å². The second-order valence-electron chi connectivity index (χ2n) is 10.7. The van der Waals surface area contributed by atoms with E-state index in [2.05, 4.69) is 66.3 Å². The largest absolute Gasteiger partial charge is 0.303 e. The summed E-state index contributed by atoms with van der Waals surface area (Å²) in [7, 11) is 0. The van der Waals surface area contributed by atoms with Crippen molar-refractivity contribution in [1.29, 1.82) is 5.26 Å². The van der Waals surface area contributed by atoms with Gasteiger partial charge in [-0.2, -0.15) is 5.26 Å². The number of unbranched alkanes of at least 4 members (excludes halogenated alkanes) is 2. The van der Waals surface area contributed by atoms with E-state index in [1.54, 1.807) is 0 Å². The lowest BCUT2D eigenvalue weighted by atomic mass is 9.53. The fourth-order valence-corrected chi connectivity index (χ4v) is 4.99. The van der Waals surface area contributed by atoms with Crippen LogP contribution in [0, 0.1) is 39.9 Å². The van der Waals surface area contributed by atoms with Gasteiger partial charge in [-0.3, -0.25) is 0 Å². The van der Waals surface area contributed by atoms with E-state index < -0.39 is 0 Å². The van der Waals surface area contributed by atoms with Gasteiger partial charge in [0.15, 0.2) is 0 Å². The van der Waals surface area contributed by atoms with Gasteiger partial charge in [0.05, 0.1) is 6.07 Å². The predicted molar refractivity (Wildman–Crippen MR) is 136 cm³/mol. The van der Waals surface area contributed by atoms with Crippen molar-refractivity contribution in [1.82, 2.24) is 0 Å². The third-order valence-corrected chi connectivity index (χ3v) is 7.09. The average Bonchev–Trinajstić information content (AvgIpc) is 2.70. The van der Waals surface area contributed by atoms with Crippen molar-refractivity contribution >= 4 is 6.29 Å². The smallest absolute Gasteiger partial charge is 0.123 e. The molecule has 1 fully saturated rings. The van der Waals surface area contributed by atoms with Crippen LogP contribution in [0.2, 0.25) is 0 Å². The fraction of sp³-hybridized carbons (Fsp3) is 0.724. The van der Waals surface area contributed by atoms with Gasteiger partial charge in [-0.25, -0.2) is 0 Å². The summed E-state index contributed by atoms with van der Waals surface area (Å²) in [5.74, 6) is 1.14. The molecular weight excluding hydrogens is 378 g/mol. The molecule has 1 saturated carbocycles. The Hall–Kier alpha value is -1.62. The Bertz CT molecular complexity index is 675. The first kappa shape index (κ1) is 29.4. The van der Waals surface area contributed by atoms with Gasteiger partial charge in [-0.05, 0) is 43.9 Å². The lowest BCUT2D eigenvalue weighted by molar-refractivity contribution is -0.113. The summed E-state index contributed by atoms with van der Waals surface area (Å²) in [6, 6.07) is 2.24. The van der Waals surface area contributed by atoms with Crippen LogP contribution in [0.3, 0.4) is 0 Å². The number of aldehydes is 1. The third-order valence-electron chi connectivity index (χ3n) is 7.09. The number of carbonyl (C=O) groups excluding carboxylic acids is 1. The Morgan fingerprint density at radius 2 is 1.84 bits per heavy atom. The first-order chi connectivity index (χ1) is 14.4. The Morgan fingerprint density at radius 3 is 2.29 bits per heavy atom. The van der Waals surface area contributed by atoms with Crippen molar-refractivity contribution in [3.8, 4) is 6.07 Å². The highest BCUT2D eigenvalue weighted by atomic mass is 16.1. The second kappa shape index (κ2) is 13.7. The minimum atomic E-state index is -0.291. The van der Waals surface area contributed by atoms with Crippen molar-refractivity contribution < 1.29 is 4.79 Å². The number of carbonyl (C=O) groups is 1. The first-order valence-electron chi connectivity index (χ1n) is 12.3. The van der Waals surface area contributed by atoms with Crippen molar-refractivity contribution in [2.75, 3.05) is 0 Å². The summed E-state index contributed by atoms with van der Waals surface area (Å²) in [4.78, 5) is 11.4. The van der Waals surface area contributed by atoms with Crippen LogP contribution < -0.4 is 0 Å². The highest BCUT2D eigenvalue weighted by Gasteiger charge is 2.48. The van der Waals surface area contributed by atoms with Crippen LogP contribution in [-0.4, -0.2) is 6.29 Å². The van der Waals surface area contributed by atoms with Gasteiger partial charge < -0.3 is 4.79 Å². The number of hydrogen-bond acceptors (Lipinski definition) is 2. The summed E-state index contributed by atoms with van der Waals surface area (Å²) in [5.41, 5.74) is 2.75. The Labute approximate surface area is 193 Å². The van der Waals surface area contributed by atoms with E-state index in [4.69, 9.17) is 0 Å². The average molecular weight is 428 g/mol. The SMILES string of the molecule is C=C(C)/C=C1\C(C)(C)CCC(C(C)C=O)C1(C)/C=C(\C)C#N.CCCCCC(C)CC. The van der Waals surface area contributed by atoms with Gasteiger partial charge >= 0.3 is 0 Å².